The molecule has 0 aliphatic carbocycles. The maximum absolute atomic E-state index is 13.2. The topological polar surface area (TPSA) is 46.9 Å². The van der Waals surface area contributed by atoms with Crippen molar-refractivity contribution in [3.63, 3.8) is 0 Å². The van der Waals surface area contributed by atoms with Gasteiger partial charge in [-0.15, -0.1) is 0 Å². The van der Waals surface area contributed by atoms with Crippen molar-refractivity contribution in [3.8, 4) is 0 Å². The number of halogens is 1. The quantitative estimate of drug-likeness (QED) is 0.758. The molecule has 0 bridgehead atoms. The van der Waals surface area contributed by atoms with E-state index >= 15 is 0 Å². The average molecular weight is 310 g/mol. The lowest BCUT2D eigenvalue weighted by molar-refractivity contribution is 0.100. The Kier molecular flexibility index (Phi) is 4.42. The zero-order chi connectivity index (χ0) is 15.8. The van der Waals surface area contributed by atoms with Gasteiger partial charge in [-0.3, -0.25) is 9.80 Å². The van der Waals surface area contributed by atoms with Crippen molar-refractivity contribution in [1.82, 2.24) is 9.80 Å². The molecule has 2 N–H and O–H groups in total. The second kappa shape index (κ2) is 6.04. The Morgan fingerprint density at radius 3 is 2.50 bits per heavy atom. The van der Waals surface area contributed by atoms with Gasteiger partial charge >= 0.3 is 0 Å². The van der Waals surface area contributed by atoms with Crippen LogP contribution < -0.4 is 0 Å². The van der Waals surface area contributed by atoms with Crippen LogP contribution in [0.25, 0.3) is 0 Å². The predicted molar refractivity (Wildman–Crippen MR) is 84.2 cm³/mol. The van der Waals surface area contributed by atoms with Crippen LogP contribution in [-0.2, 0) is 0 Å². The second-order valence-corrected chi connectivity index (χ2v) is 7.07. The standard InChI is InChI=1S/C9H15NO.C8H12FNO/c1-8-5-9(7-11)3-2-4-10(9)6-8;9-7-2-5-10-4-1-3-8(7,10)6-11/h5,11H,2-4,6-7H2,1H3;2,11H,1,3-6H2. The highest BCUT2D eigenvalue weighted by Gasteiger charge is 2.47. The van der Waals surface area contributed by atoms with E-state index in [0.717, 1.165) is 38.9 Å². The van der Waals surface area contributed by atoms with Gasteiger partial charge < -0.3 is 10.2 Å². The largest absolute Gasteiger partial charge is 0.394 e. The summed E-state index contributed by atoms with van der Waals surface area (Å²) >= 11 is 0. The van der Waals surface area contributed by atoms with E-state index in [1.165, 1.54) is 12.0 Å². The minimum Gasteiger partial charge on any atom is -0.394 e. The number of fused-ring (bicyclic) bond motifs is 2. The molecule has 0 amide bonds. The summed E-state index contributed by atoms with van der Waals surface area (Å²) in [6.07, 6.45) is 7.98. The summed E-state index contributed by atoms with van der Waals surface area (Å²) in [5.41, 5.74) is 0.850. The van der Waals surface area contributed by atoms with E-state index in [0.29, 0.717) is 13.2 Å². The molecule has 4 aliphatic rings. The summed E-state index contributed by atoms with van der Waals surface area (Å²) in [5.74, 6) is -0.127. The van der Waals surface area contributed by atoms with Crippen molar-refractivity contribution in [2.45, 2.75) is 43.7 Å². The van der Waals surface area contributed by atoms with Gasteiger partial charge in [0.05, 0.1) is 24.3 Å². The van der Waals surface area contributed by atoms with E-state index in [2.05, 4.69) is 17.9 Å². The fraction of sp³-hybridized carbons (Fsp3) is 0.765. The smallest absolute Gasteiger partial charge is 0.120 e. The Hall–Kier alpha value is -0.750. The Morgan fingerprint density at radius 2 is 1.86 bits per heavy atom. The molecule has 2 saturated heterocycles. The fourth-order valence-corrected chi connectivity index (χ4v) is 4.49. The van der Waals surface area contributed by atoms with Crippen LogP contribution in [0.5, 0.6) is 0 Å². The number of nitrogens with zero attached hydrogens (tertiary/aromatic N) is 2. The summed E-state index contributed by atoms with van der Waals surface area (Å²) in [4.78, 5) is 4.41. The minimum absolute atomic E-state index is 0.0457. The van der Waals surface area contributed by atoms with Crippen molar-refractivity contribution < 1.29 is 14.6 Å². The van der Waals surface area contributed by atoms with Gasteiger partial charge in [0.1, 0.15) is 5.83 Å². The van der Waals surface area contributed by atoms with Crippen LogP contribution in [0.4, 0.5) is 4.39 Å². The molecule has 0 aromatic carbocycles. The van der Waals surface area contributed by atoms with Crippen LogP contribution in [0.2, 0.25) is 0 Å². The number of aliphatic hydroxyl groups excluding tert-OH is 2. The summed E-state index contributed by atoms with van der Waals surface area (Å²) < 4.78 is 13.2. The highest BCUT2D eigenvalue weighted by atomic mass is 19.1. The summed E-state index contributed by atoms with van der Waals surface area (Å²) in [6.45, 7) is 6.20. The van der Waals surface area contributed by atoms with Crippen LogP contribution >= 0.6 is 0 Å². The monoisotopic (exact) mass is 310 g/mol. The first-order chi connectivity index (χ1) is 10.6. The van der Waals surface area contributed by atoms with E-state index in [4.69, 9.17) is 5.11 Å². The third-order valence-electron chi connectivity index (χ3n) is 5.72. The van der Waals surface area contributed by atoms with Crippen LogP contribution in [0.15, 0.2) is 23.6 Å². The molecule has 0 aromatic rings. The molecule has 124 valence electrons. The summed E-state index contributed by atoms with van der Waals surface area (Å²) in [6, 6.07) is 0. The van der Waals surface area contributed by atoms with Gasteiger partial charge in [-0.2, -0.15) is 0 Å². The average Bonchev–Trinajstić information content (AvgIpc) is 3.21. The molecule has 0 spiro atoms. The first-order valence-corrected chi connectivity index (χ1v) is 8.33. The Balaban J connectivity index is 0.000000131. The highest BCUT2D eigenvalue weighted by molar-refractivity contribution is 5.24. The van der Waals surface area contributed by atoms with Gasteiger partial charge in [0.25, 0.3) is 0 Å². The van der Waals surface area contributed by atoms with Crippen LogP contribution in [-0.4, -0.2) is 70.5 Å². The first kappa shape index (κ1) is 16.1. The molecule has 0 aromatic heterocycles. The predicted octanol–water partition coefficient (Wildman–Crippen LogP) is 1.45. The maximum atomic E-state index is 13.2. The molecule has 2 fully saturated rings. The second-order valence-electron chi connectivity index (χ2n) is 7.07. The summed E-state index contributed by atoms with van der Waals surface area (Å²) in [7, 11) is 0. The molecular weight excluding hydrogens is 283 g/mol. The minimum atomic E-state index is -0.611. The van der Waals surface area contributed by atoms with Gasteiger partial charge in [0.15, 0.2) is 0 Å². The van der Waals surface area contributed by atoms with Crippen LogP contribution in [0.3, 0.4) is 0 Å². The molecule has 22 heavy (non-hydrogen) atoms. The van der Waals surface area contributed by atoms with E-state index in [-0.39, 0.29) is 18.0 Å². The molecule has 2 unspecified atom stereocenters. The zero-order valence-corrected chi connectivity index (χ0v) is 13.4. The van der Waals surface area contributed by atoms with Crippen molar-refractivity contribution in [1.29, 1.82) is 0 Å². The van der Waals surface area contributed by atoms with Crippen molar-refractivity contribution >= 4 is 0 Å². The molecule has 0 saturated carbocycles. The normalized spacial score (nSPS) is 37.5. The van der Waals surface area contributed by atoms with Gasteiger partial charge in [0.2, 0.25) is 0 Å². The number of hydrogen-bond donors (Lipinski definition) is 2. The van der Waals surface area contributed by atoms with E-state index in [1.807, 2.05) is 4.90 Å². The number of hydrogen-bond acceptors (Lipinski definition) is 4. The lowest BCUT2D eigenvalue weighted by Crippen LogP contribution is -2.43. The molecule has 4 nitrogen and oxygen atoms in total. The third kappa shape index (κ3) is 2.44. The molecule has 0 radical (unpaired) electrons. The molecular formula is C17H27FN2O2. The van der Waals surface area contributed by atoms with Crippen LogP contribution in [0, 0.1) is 0 Å². The van der Waals surface area contributed by atoms with Crippen LogP contribution in [0.1, 0.15) is 32.6 Å². The SMILES string of the molecule is CC1=CC2(CO)CCCN2C1.OCC12CCCN1CC=C2F. The molecule has 2 atom stereocenters. The van der Waals surface area contributed by atoms with Crippen molar-refractivity contribution in [2.75, 3.05) is 39.4 Å². The van der Waals surface area contributed by atoms with E-state index in [1.54, 1.807) is 6.08 Å². The lowest BCUT2D eigenvalue weighted by atomic mass is 9.98. The highest BCUT2D eigenvalue weighted by Crippen LogP contribution is 2.40. The van der Waals surface area contributed by atoms with Gasteiger partial charge in [-0.05, 0) is 51.8 Å². The molecule has 4 heterocycles. The van der Waals surface area contributed by atoms with Crippen molar-refractivity contribution in [3.05, 3.63) is 23.6 Å². The molecule has 5 heteroatoms. The fourth-order valence-electron chi connectivity index (χ4n) is 4.49. The van der Waals surface area contributed by atoms with Gasteiger partial charge in [-0.1, -0.05) is 11.6 Å². The zero-order valence-electron chi connectivity index (χ0n) is 13.4. The van der Waals surface area contributed by atoms with Gasteiger partial charge in [-0.25, -0.2) is 4.39 Å². The first-order valence-electron chi connectivity index (χ1n) is 8.33. The van der Waals surface area contributed by atoms with E-state index < -0.39 is 5.54 Å². The molecule has 4 aliphatic heterocycles. The Bertz CT molecular complexity index is 493. The number of rotatable bonds is 2. The number of aliphatic hydroxyl groups is 2. The lowest BCUT2D eigenvalue weighted by Gasteiger charge is -2.29. The Labute approximate surface area is 131 Å². The Morgan fingerprint density at radius 1 is 1.14 bits per heavy atom. The van der Waals surface area contributed by atoms with Crippen molar-refractivity contribution in [2.24, 2.45) is 0 Å². The maximum Gasteiger partial charge on any atom is 0.120 e. The summed E-state index contributed by atoms with van der Waals surface area (Å²) in [5, 5.41) is 18.3. The third-order valence-corrected chi connectivity index (χ3v) is 5.72. The van der Waals surface area contributed by atoms with Gasteiger partial charge in [0, 0.05) is 13.1 Å². The van der Waals surface area contributed by atoms with E-state index in [9.17, 15) is 9.50 Å². The molecule has 4 rings (SSSR count).